The van der Waals surface area contributed by atoms with Crippen LogP contribution < -0.4 is 15.2 Å². The summed E-state index contributed by atoms with van der Waals surface area (Å²) < 4.78 is 12.7. The molecule has 0 fully saturated rings. The van der Waals surface area contributed by atoms with Gasteiger partial charge in [-0.15, -0.1) is 0 Å². The van der Waals surface area contributed by atoms with E-state index in [0.717, 1.165) is 27.9 Å². The Morgan fingerprint density at radius 2 is 2.00 bits per heavy atom. The summed E-state index contributed by atoms with van der Waals surface area (Å²) in [7, 11) is 5.17. The summed E-state index contributed by atoms with van der Waals surface area (Å²) in [5.41, 5.74) is 8.34. The lowest BCUT2D eigenvalue weighted by Gasteiger charge is -2.11. The van der Waals surface area contributed by atoms with Gasteiger partial charge in [0.25, 0.3) is 0 Å². The summed E-state index contributed by atoms with van der Waals surface area (Å²) >= 11 is 0. The van der Waals surface area contributed by atoms with Crippen LogP contribution in [0.4, 0.5) is 0 Å². The Balaban J connectivity index is 2.86. The number of hydrogen-bond donors (Lipinski definition) is 2. The number of benzene rings is 1. The zero-order valence-electron chi connectivity index (χ0n) is 11.7. The first kappa shape index (κ1) is 13.7. The van der Waals surface area contributed by atoms with E-state index in [1.807, 2.05) is 30.7 Å². The molecule has 1 aromatic heterocycles. The van der Waals surface area contributed by atoms with E-state index in [0.29, 0.717) is 5.75 Å². The summed E-state index contributed by atoms with van der Waals surface area (Å²) in [6.07, 6.45) is -0.703. The molecule has 0 radical (unpaired) electrons. The number of hydrogen-bond acceptors (Lipinski definition) is 4. The van der Waals surface area contributed by atoms with E-state index in [9.17, 15) is 5.11 Å². The van der Waals surface area contributed by atoms with Crippen molar-refractivity contribution in [2.75, 3.05) is 20.8 Å². The molecule has 0 bridgehead atoms. The SMILES string of the molecule is COc1cc(OC)c2c(C(O)CN)c(C)n(C)c2c1. The van der Waals surface area contributed by atoms with Gasteiger partial charge >= 0.3 is 0 Å². The van der Waals surface area contributed by atoms with Gasteiger partial charge < -0.3 is 24.9 Å². The summed E-state index contributed by atoms with van der Waals surface area (Å²) in [6, 6.07) is 3.74. The average Bonchev–Trinajstić information content (AvgIpc) is 2.69. The molecular formula is C14H20N2O3. The summed E-state index contributed by atoms with van der Waals surface area (Å²) in [5.74, 6) is 1.40. The summed E-state index contributed by atoms with van der Waals surface area (Å²) in [4.78, 5) is 0. The van der Waals surface area contributed by atoms with Crippen molar-refractivity contribution < 1.29 is 14.6 Å². The zero-order valence-corrected chi connectivity index (χ0v) is 11.7. The predicted molar refractivity (Wildman–Crippen MR) is 74.8 cm³/mol. The fourth-order valence-electron chi connectivity index (χ4n) is 2.46. The van der Waals surface area contributed by atoms with Crippen LogP contribution in [0, 0.1) is 6.92 Å². The highest BCUT2D eigenvalue weighted by Gasteiger charge is 2.21. The number of methoxy groups -OCH3 is 2. The number of aromatic nitrogens is 1. The van der Waals surface area contributed by atoms with Gasteiger partial charge in [0, 0.05) is 42.4 Å². The second-order valence-corrected chi connectivity index (χ2v) is 4.53. The number of rotatable bonds is 4. The first-order chi connectivity index (χ1) is 9.04. The maximum absolute atomic E-state index is 10.1. The van der Waals surface area contributed by atoms with Crippen molar-refractivity contribution in [3.63, 3.8) is 0 Å². The van der Waals surface area contributed by atoms with Gasteiger partial charge in [0.1, 0.15) is 11.5 Å². The molecule has 0 aliphatic heterocycles. The van der Waals surface area contributed by atoms with Crippen LogP contribution >= 0.6 is 0 Å². The number of aryl methyl sites for hydroxylation is 1. The van der Waals surface area contributed by atoms with E-state index in [-0.39, 0.29) is 6.54 Å². The maximum atomic E-state index is 10.1. The van der Waals surface area contributed by atoms with E-state index in [1.54, 1.807) is 14.2 Å². The van der Waals surface area contributed by atoms with Crippen molar-refractivity contribution in [2.45, 2.75) is 13.0 Å². The molecule has 3 N–H and O–H groups in total. The molecule has 0 saturated heterocycles. The second kappa shape index (κ2) is 5.11. The van der Waals surface area contributed by atoms with E-state index < -0.39 is 6.10 Å². The van der Waals surface area contributed by atoms with Crippen LogP contribution in [0.1, 0.15) is 17.4 Å². The third kappa shape index (κ3) is 2.05. The van der Waals surface area contributed by atoms with Crippen molar-refractivity contribution in [1.29, 1.82) is 0 Å². The van der Waals surface area contributed by atoms with Gasteiger partial charge in [-0.1, -0.05) is 0 Å². The van der Waals surface area contributed by atoms with E-state index >= 15 is 0 Å². The van der Waals surface area contributed by atoms with E-state index in [4.69, 9.17) is 15.2 Å². The minimum atomic E-state index is -0.703. The highest BCUT2D eigenvalue weighted by Crippen LogP contribution is 2.39. The fraction of sp³-hybridized carbons (Fsp3) is 0.429. The highest BCUT2D eigenvalue weighted by molar-refractivity contribution is 5.93. The van der Waals surface area contributed by atoms with Crippen LogP contribution in [0.5, 0.6) is 11.5 Å². The lowest BCUT2D eigenvalue weighted by molar-refractivity contribution is 0.187. The highest BCUT2D eigenvalue weighted by atomic mass is 16.5. The molecule has 1 aromatic carbocycles. The Kier molecular flexibility index (Phi) is 3.68. The number of nitrogens with zero attached hydrogens (tertiary/aromatic N) is 1. The minimum Gasteiger partial charge on any atom is -0.497 e. The molecule has 0 amide bonds. The van der Waals surface area contributed by atoms with Crippen molar-refractivity contribution in [2.24, 2.45) is 12.8 Å². The normalized spacial score (nSPS) is 12.7. The molecule has 0 aliphatic carbocycles. The number of ether oxygens (including phenoxy) is 2. The van der Waals surface area contributed by atoms with E-state index in [2.05, 4.69) is 0 Å². The molecule has 0 spiro atoms. The largest absolute Gasteiger partial charge is 0.497 e. The minimum absolute atomic E-state index is 0.176. The lowest BCUT2D eigenvalue weighted by Crippen LogP contribution is -2.12. The molecule has 0 saturated carbocycles. The van der Waals surface area contributed by atoms with Gasteiger partial charge in [0.15, 0.2) is 0 Å². The molecule has 1 atom stereocenters. The van der Waals surface area contributed by atoms with Crippen molar-refractivity contribution in [3.05, 3.63) is 23.4 Å². The van der Waals surface area contributed by atoms with Gasteiger partial charge in [0.05, 0.1) is 25.8 Å². The molecule has 19 heavy (non-hydrogen) atoms. The number of aliphatic hydroxyl groups is 1. The van der Waals surface area contributed by atoms with E-state index in [1.165, 1.54) is 0 Å². The van der Waals surface area contributed by atoms with Crippen LogP contribution in [0.15, 0.2) is 12.1 Å². The molecule has 104 valence electrons. The fourth-order valence-corrected chi connectivity index (χ4v) is 2.46. The molecule has 1 unspecified atom stereocenters. The molecule has 2 aromatic rings. The molecular weight excluding hydrogens is 244 g/mol. The standard InChI is InChI=1S/C14H20N2O3/c1-8-13(11(17)7-15)14-10(16(8)2)5-9(18-3)6-12(14)19-4/h5-6,11,17H,7,15H2,1-4H3. The number of aliphatic hydroxyl groups excluding tert-OH is 1. The van der Waals surface area contributed by atoms with Gasteiger partial charge in [-0.3, -0.25) is 0 Å². The maximum Gasteiger partial charge on any atom is 0.132 e. The van der Waals surface area contributed by atoms with Crippen molar-refractivity contribution in [3.8, 4) is 11.5 Å². The first-order valence-corrected chi connectivity index (χ1v) is 6.14. The van der Waals surface area contributed by atoms with Crippen LogP contribution in [0.3, 0.4) is 0 Å². The first-order valence-electron chi connectivity index (χ1n) is 6.14. The Morgan fingerprint density at radius 1 is 1.32 bits per heavy atom. The smallest absolute Gasteiger partial charge is 0.132 e. The van der Waals surface area contributed by atoms with Gasteiger partial charge in [-0.05, 0) is 6.92 Å². The van der Waals surface area contributed by atoms with Crippen molar-refractivity contribution in [1.82, 2.24) is 4.57 Å². The Labute approximate surface area is 112 Å². The van der Waals surface area contributed by atoms with Crippen LogP contribution in [-0.4, -0.2) is 30.4 Å². The number of fused-ring (bicyclic) bond motifs is 1. The molecule has 5 nitrogen and oxygen atoms in total. The predicted octanol–water partition coefficient (Wildman–Crippen LogP) is 1.50. The zero-order chi connectivity index (χ0) is 14.2. The summed E-state index contributed by atoms with van der Waals surface area (Å²) in [6.45, 7) is 2.13. The topological polar surface area (TPSA) is 69.6 Å². The van der Waals surface area contributed by atoms with Gasteiger partial charge in [0.2, 0.25) is 0 Å². The number of nitrogens with two attached hydrogens (primary N) is 1. The Morgan fingerprint density at radius 3 is 2.53 bits per heavy atom. The Hall–Kier alpha value is -1.72. The van der Waals surface area contributed by atoms with Crippen molar-refractivity contribution >= 4 is 10.9 Å². The lowest BCUT2D eigenvalue weighted by atomic mass is 10.0. The molecule has 0 aliphatic rings. The second-order valence-electron chi connectivity index (χ2n) is 4.53. The summed E-state index contributed by atoms with van der Waals surface area (Å²) in [5, 5.41) is 11.0. The van der Waals surface area contributed by atoms with Crippen LogP contribution in [-0.2, 0) is 7.05 Å². The van der Waals surface area contributed by atoms with Gasteiger partial charge in [-0.25, -0.2) is 0 Å². The van der Waals surface area contributed by atoms with Crippen LogP contribution in [0.25, 0.3) is 10.9 Å². The Bertz CT molecular complexity index is 604. The molecule has 1 heterocycles. The third-order valence-electron chi connectivity index (χ3n) is 3.59. The monoisotopic (exact) mass is 264 g/mol. The quantitative estimate of drug-likeness (QED) is 0.878. The third-order valence-corrected chi connectivity index (χ3v) is 3.59. The molecule has 2 rings (SSSR count). The molecule has 5 heteroatoms. The average molecular weight is 264 g/mol. The van der Waals surface area contributed by atoms with Gasteiger partial charge in [-0.2, -0.15) is 0 Å². The van der Waals surface area contributed by atoms with Crippen LogP contribution in [0.2, 0.25) is 0 Å².